The molecule has 110 valence electrons. The van der Waals surface area contributed by atoms with Crippen molar-refractivity contribution >= 4 is 43.2 Å². The number of nitro benzene ring substituents is 1. The average Bonchev–Trinajstić information content (AvgIpc) is 2.43. The topological polar surface area (TPSA) is 95.6 Å². The molecule has 21 heavy (non-hydrogen) atoms. The van der Waals surface area contributed by atoms with Gasteiger partial charge in [0.2, 0.25) is 0 Å². The van der Waals surface area contributed by atoms with E-state index in [1.165, 1.54) is 12.1 Å². The van der Waals surface area contributed by atoms with Gasteiger partial charge in [0, 0.05) is 6.54 Å². The molecule has 0 fully saturated rings. The first-order chi connectivity index (χ1) is 9.88. The number of phenolic OH excluding ortho intramolecular Hbond substituents is 2. The average molecular weight is 418 g/mol. The zero-order chi connectivity index (χ0) is 15.6. The molecular weight excluding hydrogens is 408 g/mol. The Morgan fingerprint density at radius 1 is 1.14 bits per heavy atom. The van der Waals surface area contributed by atoms with E-state index in [-0.39, 0.29) is 17.2 Å². The molecule has 2 aromatic rings. The fraction of sp³-hybridized carbons (Fsp3) is 0.0769. The summed E-state index contributed by atoms with van der Waals surface area (Å²) in [5.74, 6) is -0.0725. The predicted octanol–water partition coefficient (Wildman–Crippen LogP) is 4.14. The third kappa shape index (κ3) is 3.64. The van der Waals surface area contributed by atoms with E-state index in [2.05, 4.69) is 37.2 Å². The van der Waals surface area contributed by atoms with E-state index in [9.17, 15) is 20.3 Å². The van der Waals surface area contributed by atoms with Gasteiger partial charge in [-0.3, -0.25) is 10.1 Å². The first kappa shape index (κ1) is 15.6. The lowest BCUT2D eigenvalue weighted by atomic mass is 10.2. The van der Waals surface area contributed by atoms with E-state index in [0.717, 1.165) is 11.6 Å². The number of hydrogen-bond acceptors (Lipinski definition) is 5. The molecule has 0 spiro atoms. The Morgan fingerprint density at radius 3 is 2.33 bits per heavy atom. The van der Waals surface area contributed by atoms with Crippen molar-refractivity contribution in [2.45, 2.75) is 6.54 Å². The van der Waals surface area contributed by atoms with Crippen molar-refractivity contribution in [3.8, 4) is 11.5 Å². The number of anilines is 1. The van der Waals surface area contributed by atoms with Gasteiger partial charge >= 0.3 is 0 Å². The molecule has 0 aliphatic carbocycles. The molecule has 0 aromatic heterocycles. The number of halogens is 2. The Balaban J connectivity index is 2.22. The second-order valence-corrected chi connectivity index (χ2v) is 5.93. The maximum Gasteiger partial charge on any atom is 0.296 e. The van der Waals surface area contributed by atoms with Crippen LogP contribution in [0.4, 0.5) is 11.4 Å². The molecule has 0 heterocycles. The number of hydrogen-bond donors (Lipinski definition) is 3. The molecule has 0 amide bonds. The molecule has 3 N–H and O–H groups in total. The third-order valence-electron chi connectivity index (χ3n) is 2.74. The summed E-state index contributed by atoms with van der Waals surface area (Å²) in [6.07, 6.45) is 0. The third-order valence-corrected chi connectivity index (χ3v) is 3.95. The Kier molecular flexibility index (Phi) is 4.69. The number of benzene rings is 2. The van der Waals surface area contributed by atoms with Gasteiger partial charge in [0.05, 0.1) is 19.9 Å². The highest BCUT2D eigenvalue weighted by Crippen LogP contribution is 2.34. The fourth-order valence-corrected chi connectivity index (χ4v) is 3.02. The van der Waals surface area contributed by atoms with Crippen molar-refractivity contribution in [3.05, 3.63) is 55.0 Å². The van der Waals surface area contributed by atoms with Crippen LogP contribution in [0.3, 0.4) is 0 Å². The van der Waals surface area contributed by atoms with Gasteiger partial charge in [-0.25, -0.2) is 0 Å². The van der Waals surface area contributed by atoms with Crippen LogP contribution in [0.15, 0.2) is 39.3 Å². The number of nitro groups is 1. The zero-order valence-electron chi connectivity index (χ0n) is 10.5. The lowest BCUT2D eigenvalue weighted by Crippen LogP contribution is -2.02. The van der Waals surface area contributed by atoms with Crippen molar-refractivity contribution in [1.82, 2.24) is 0 Å². The minimum absolute atomic E-state index is 0.0920. The van der Waals surface area contributed by atoms with E-state index in [4.69, 9.17) is 0 Å². The van der Waals surface area contributed by atoms with Crippen LogP contribution < -0.4 is 5.32 Å². The smallest absolute Gasteiger partial charge is 0.296 e. The highest BCUT2D eigenvalue weighted by Gasteiger charge is 2.14. The molecule has 8 heteroatoms. The summed E-state index contributed by atoms with van der Waals surface area (Å²) in [4.78, 5) is 10.4. The van der Waals surface area contributed by atoms with Crippen molar-refractivity contribution in [1.29, 1.82) is 0 Å². The maximum atomic E-state index is 10.9. The van der Waals surface area contributed by atoms with Gasteiger partial charge in [-0.1, -0.05) is 0 Å². The van der Waals surface area contributed by atoms with Crippen molar-refractivity contribution in [2.24, 2.45) is 0 Å². The quantitative estimate of drug-likeness (QED) is 0.394. The van der Waals surface area contributed by atoms with Gasteiger partial charge in [-0.05, 0) is 61.7 Å². The molecule has 2 aromatic carbocycles. The molecule has 2 rings (SSSR count). The lowest BCUT2D eigenvalue weighted by Gasteiger charge is -2.09. The standard InChI is InChI=1S/C13H10Br2N2O4/c14-9-3-7(4-10(15)13(9)19)6-16-11-2-1-8(18)5-12(11)17(20)21/h1-5,16,18-19H,6H2. The SMILES string of the molecule is O=[N+]([O-])c1cc(O)ccc1NCc1cc(Br)c(O)c(Br)c1. The molecule has 0 radical (unpaired) electrons. The highest BCUT2D eigenvalue weighted by atomic mass is 79.9. The second-order valence-electron chi connectivity index (χ2n) is 4.22. The molecular formula is C13H10Br2N2O4. The summed E-state index contributed by atoms with van der Waals surface area (Å²) in [5.41, 5.74) is 0.916. The molecule has 0 saturated heterocycles. The highest BCUT2D eigenvalue weighted by molar-refractivity contribution is 9.11. The van der Waals surface area contributed by atoms with E-state index in [0.29, 0.717) is 21.2 Å². The van der Waals surface area contributed by atoms with Crippen LogP contribution in [-0.4, -0.2) is 15.1 Å². The maximum absolute atomic E-state index is 10.9. The first-order valence-electron chi connectivity index (χ1n) is 5.76. The van der Waals surface area contributed by atoms with Crippen LogP contribution in [0, 0.1) is 10.1 Å². The molecule has 0 aliphatic heterocycles. The van der Waals surface area contributed by atoms with Crippen molar-refractivity contribution in [3.63, 3.8) is 0 Å². The Morgan fingerprint density at radius 2 is 1.76 bits per heavy atom. The van der Waals surface area contributed by atoms with Crippen LogP contribution in [0.2, 0.25) is 0 Å². The van der Waals surface area contributed by atoms with E-state index >= 15 is 0 Å². The lowest BCUT2D eigenvalue weighted by molar-refractivity contribution is -0.384. The van der Waals surface area contributed by atoms with E-state index in [1.54, 1.807) is 12.1 Å². The van der Waals surface area contributed by atoms with Crippen molar-refractivity contribution in [2.75, 3.05) is 5.32 Å². The van der Waals surface area contributed by atoms with Gasteiger partial charge in [0.25, 0.3) is 5.69 Å². The first-order valence-corrected chi connectivity index (χ1v) is 7.35. The molecule has 0 atom stereocenters. The summed E-state index contributed by atoms with van der Waals surface area (Å²) in [5, 5.41) is 32.8. The minimum Gasteiger partial charge on any atom is -0.508 e. The van der Waals surface area contributed by atoms with E-state index in [1.807, 2.05) is 0 Å². The van der Waals surface area contributed by atoms with Gasteiger partial charge in [-0.15, -0.1) is 0 Å². The van der Waals surface area contributed by atoms with Crippen LogP contribution in [0.25, 0.3) is 0 Å². The monoisotopic (exact) mass is 416 g/mol. The molecule has 0 saturated carbocycles. The minimum atomic E-state index is -0.565. The molecule has 0 bridgehead atoms. The van der Waals surface area contributed by atoms with Crippen LogP contribution in [-0.2, 0) is 6.54 Å². The number of rotatable bonds is 4. The van der Waals surface area contributed by atoms with Gasteiger partial charge < -0.3 is 15.5 Å². The Hall–Kier alpha value is -1.80. The summed E-state index contributed by atoms with van der Waals surface area (Å²) in [7, 11) is 0. The van der Waals surface area contributed by atoms with E-state index < -0.39 is 4.92 Å². The molecule has 0 unspecified atom stereocenters. The Labute approximate surface area is 136 Å². The Bertz CT molecular complexity index is 684. The van der Waals surface area contributed by atoms with Gasteiger partial charge in [0.1, 0.15) is 17.2 Å². The summed E-state index contributed by atoms with van der Waals surface area (Å²) in [6, 6.07) is 7.32. The van der Waals surface area contributed by atoms with Crippen molar-refractivity contribution < 1.29 is 15.1 Å². The largest absolute Gasteiger partial charge is 0.508 e. The number of nitrogens with zero attached hydrogens (tertiary/aromatic N) is 1. The van der Waals surface area contributed by atoms with Crippen LogP contribution in [0.1, 0.15) is 5.56 Å². The van der Waals surface area contributed by atoms with Gasteiger partial charge in [0.15, 0.2) is 0 Å². The molecule has 6 nitrogen and oxygen atoms in total. The number of phenols is 2. The summed E-state index contributed by atoms with van der Waals surface area (Å²) < 4.78 is 1.04. The molecule has 0 aliphatic rings. The fourth-order valence-electron chi connectivity index (χ4n) is 1.74. The second kappa shape index (κ2) is 6.31. The summed E-state index contributed by atoms with van der Waals surface area (Å²) in [6.45, 7) is 0.323. The summed E-state index contributed by atoms with van der Waals surface area (Å²) >= 11 is 6.44. The van der Waals surface area contributed by atoms with Crippen LogP contribution in [0.5, 0.6) is 11.5 Å². The van der Waals surface area contributed by atoms with Gasteiger partial charge in [-0.2, -0.15) is 0 Å². The zero-order valence-corrected chi connectivity index (χ0v) is 13.7. The van der Waals surface area contributed by atoms with Crippen LogP contribution >= 0.6 is 31.9 Å². The normalized spacial score (nSPS) is 10.4. The predicted molar refractivity (Wildman–Crippen MR) is 85.6 cm³/mol. The number of nitrogens with one attached hydrogen (secondary N) is 1. The number of aromatic hydroxyl groups is 2.